The fraction of sp³-hybridized carbons (Fsp3) is 0.368. The van der Waals surface area contributed by atoms with Crippen molar-refractivity contribution in [2.75, 3.05) is 27.4 Å². The number of ether oxygens (including phenoxy) is 4. The van der Waals surface area contributed by atoms with Crippen LogP contribution in [0.2, 0.25) is 0 Å². The number of methoxy groups -OCH3 is 2. The highest BCUT2D eigenvalue weighted by Crippen LogP contribution is 2.27. The van der Waals surface area contributed by atoms with Crippen molar-refractivity contribution in [2.45, 2.75) is 13.3 Å². The molecule has 0 aliphatic rings. The van der Waals surface area contributed by atoms with Crippen molar-refractivity contribution in [3.05, 3.63) is 29.8 Å². The molecule has 1 aromatic carbocycles. The molecule has 1 atom stereocenters. The molecule has 0 N–H and O–H groups in total. The minimum atomic E-state index is -0.733. The van der Waals surface area contributed by atoms with Gasteiger partial charge in [-0.25, -0.2) is 4.79 Å². The minimum absolute atomic E-state index is 0.130. The Labute approximate surface area is 157 Å². The number of carbonyl (C=O) groups excluding carboxylic acids is 4. The lowest BCUT2D eigenvalue weighted by Crippen LogP contribution is -2.21. The lowest BCUT2D eigenvalue weighted by atomic mass is 10.1. The summed E-state index contributed by atoms with van der Waals surface area (Å²) in [4.78, 5) is 44.5. The lowest BCUT2D eigenvalue weighted by molar-refractivity contribution is -0.153. The summed E-state index contributed by atoms with van der Waals surface area (Å²) >= 11 is 0. The van der Waals surface area contributed by atoms with E-state index in [9.17, 15) is 19.2 Å². The van der Waals surface area contributed by atoms with Crippen molar-refractivity contribution in [3.63, 3.8) is 0 Å². The van der Waals surface area contributed by atoms with E-state index in [0.717, 1.165) is 0 Å². The van der Waals surface area contributed by atoms with E-state index >= 15 is 0 Å². The summed E-state index contributed by atoms with van der Waals surface area (Å²) in [5.41, 5.74) is 0.713. The molecule has 0 spiro atoms. The average molecular weight is 378 g/mol. The molecule has 0 saturated carbocycles. The first-order valence-electron chi connectivity index (χ1n) is 8.12. The number of esters is 2. The first-order chi connectivity index (χ1) is 12.9. The molecular weight excluding hydrogens is 356 g/mol. The zero-order valence-electron chi connectivity index (χ0n) is 15.4. The molecule has 27 heavy (non-hydrogen) atoms. The number of carbonyl (C=O) groups is 4. The van der Waals surface area contributed by atoms with Crippen molar-refractivity contribution in [1.29, 1.82) is 0 Å². The molecule has 0 fully saturated rings. The highest BCUT2D eigenvalue weighted by atomic mass is 16.6. The lowest BCUT2D eigenvalue weighted by Gasteiger charge is -2.09. The van der Waals surface area contributed by atoms with Gasteiger partial charge >= 0.3 is 11.9 Å². The molecule has 0 heterocycles. The fourth-order valence-electron chi connectivity index (χ4n) is 2.03. The van der Waals surface area contributed by atoms with Gasteiger partial charge in [-0.05, 0) is 23.8 Å². The second kappa shape index (κ2) is 11.5. The monoisotopic (exact) mass is 378 g/mol. The normalized spacial score (nSPS) is 11.5. The van der Waals surface area contributed by atoms with Gasteiger partial charge in [-0.15, -0.1) is 0 Å². The average Bonchev–Trinajstić information content (AvgIpc) is 2.68. The molecule has 8 heteroatoms. The van der Waals surface area contributed by atoms with Crippen LogP contribution in [0.5, 0.6) is 11.5 Å². The molecule has 0 amide bonds. The highest BCUT2D eigenvalue weighted by molar-refractivity contribution is 6.25. The summed E-state index contributed by atoms with van der Waals surface area (Å²) in [5, 5.41) is 0. The maximum Gasteiger partial charge on any atom is 0.330 e. The van der Waals surface area contributed by atoms with E-state index in [2.05, 4.69) is 0 Å². The maximum absolute atomic E-state index is 11.7. The number of benzene rings is 1. The molecule has 1 aromatic rings. The first-order valence-corrected chi connectivity index (χ1v) is 8.12. The Morgan fingerprint density at radius 2 is 1.70 bits per heavy atom. The fourth-order valence-corrected chi connectivity index (χ4v) is 2.03. The van der Waals surface area contributed by atoms with Crippen molar-refractivity contribution in [3.8, 4) is 11.5 Å². The van der Waals surface area contributed by atoms with Gasteiger partial charge in [-0.3, -0.25) is 14.4 Å². The Bertz CT molecular complexity index is 708. The van der Waals surface area contributed by atoms with Crippen LogP contribution >= 0.6 is 0 Å². The van der Waals surface area contributed by atoms with E-state index in [1.807, 2.05) is 0 Å². The van der Waals surface area contributed by atoms with Crippen LogP contribution in [0.25, 0.3) is 6.08 Å². The van der Waals surface area contributed by atoms with E-state index < -0.39 is 23.6 Å². The number of hydrogen-bond acceptors (Lipinski definition) is 8. The van der Waals surface area contributed by atoms with Crippen LogP contribution in [0.3, 0.4) is 0 Å². The maximum atomic E-state index is 11.7. The van der Waals surface area contributed by atoms with Gasteiger partial charge in [0.1, 0.15) is 13.2 Å². The van der Waals surface area contributed by atoms with Crippen LogP contribution in [0, 0.1) is 5.92 Å². The molecule has 8 nitrogen and oxygen atoms in total. The Morgan fingerprint density at radius 3 is 2.33 bits per heavy atom. The van der Waals surface area contributed by atoms with Crippen LogP contribution in [-0.4, -0.2) is 51.4 Å². The summed E-state index contributed by atoms with van der Waals surface area (Å²) in [6.45, 7) is 1.20. The molecule has 0 aliphatic carbocycles. The van der Waals surface area contributed by atoms with Crippen molar-refractivity contribution in [1.82, 2.24) is 0 Å². The molecule has 0 bridgehead atoms. The van der Waals surface area contributed by atoms with Gasteiger partial charge in [0, 0.05) is 12.5 Å². The summed E-state index contributed by atoms with van der Waals surface area (Å²) in [6.07, 6.45) is 2.73. The van der Waals surface area contributed by atoms with Gasteiger partial charge in [0.05, 0.1) is 20.1 Å². The molecule has 0 saturated heterocycles. The molecule has 1 unspecified atom stereocenters. The van der Waals surface area contributed by atoms with E-state index in [-0.39, 0.29) is 25.9 Å². The quantitative estimate of drug-likeness (QED) is 0.188. The number of rotatable bonds is 11. The highest BCUT2D eigenvalue weighted by Gasteiger charge is 2.18. The molecule has 0 radical (unpaired) electrons. The number of aldehydes is 1. The van der Waals surface area contributed by atoms with Crippen LogP contribution in [0.4, 0.5) is 0 Å². The number of Topliss-reactive ketones (excluding diaryl/α,β-unsaturated/α-hetero) is 1. The van der Waals surface area contributed by atoms with Crippen LogP contribution in [0.15, 0.2) is 24.3 Å². The Kier molecular flexibility index (Phi) is 9.28. The number of hydrogen-bond donors (Lipinski definition) is 0. The molecule has 0 aliphatic heterocycles. The van der Waals surface area contributed by atoms with E-state index in [0.29, 0.717) is 17.1 Å². The van der Waals surface area contributed by atoms with Gasteiger partial charge < -0.3 is 18.9 Å². The molecular formula is C19H22O8. The van der Waals surface area contributed by atoms with E-state index in [4.69, 9.17) is 18.9 Å². The molecule has 0 aromatic heterocycles. The largest absolute Gasteiger partial charge is 0.493 e. The first kappa shape index (κ1) is 21.9. The summed E-state index contributed by atoms with van der Waals surface area (Å²) in [7, 11) is 3.04. The summed E-state index contributed by atoms with van der Waals surface area (Å²) in [6, 6.07) is 5.15. The second-order valence-corrected chi connectivity index (χ2v) is 5.47. The smallest absolute Gasteiger partial charge is 0.330 e. The number of ketones is 1. The van der Waals surface area contributed by atoms with Gasteiger partial charge in [0.25, 0.3) is 0 Å². The van der Waals surface area contributed by atoms with E-state index in [1.54, 1.807) is 24.3 Å². The van der Waals surface area contributed by atoms with Crippen molar-refractivity contribution in [2.24, 2.45) is 5.92 Å². The van der Waals surface area contributed by atoms with Gasteiger partial charge in [0.2, 0.25) is 0 Å². The minimum Gasteiger partial charge on any atom is -0.493 e. The molecule has 146 valence electrons. The standard InChI is InChI=1S/C19H22O8/c1-13(10-15(21)12-20)19(23)27-9-8-26-18(22)7-5-14-4-6-16(24-2)17(11-14)25-3/h4-7,11-13H,8-10H2,1-3H3. The zero-order chi connectivity index (χ0) is 20.2. The zero-order valence-corrected chi connectivity index (χ0v) is 15.4. The third kappa shape index (κ3) is 7.72. The third-order valence-electron chi connectivity index (χ3n) is 3.43. The summed E-state index contributed by atoms with van der Waals surface area (Å²) < 4.78 is 20.1. The second-order valence-electron chi connectivity index (χ2n) is 5.47. The van der Waals surface area contributed by atoms with Crippen molar-refractivity contribution < 1.29 is 38.1 Å². The summed E-state index contributed by atoms with van der Waals surface area (Å²) in [5.74, 6) is -1.55. The predicted molar refractivity (Wildman–Crippen MR) is 95.4 cm³/mol. The van der Waals surface area contributed by atoms with Gasteiger partial charge in [0.15, 0.2) is 23.6 Å². The predicted octanol–water partition coefficient (Wildman–Crippen LogP) is 1.60. The Hall–Kier alpha value is -3.16. The molecule has 1 rings (SSSR count). The van der Waals surface area contributed by atoms with E-state index in [1.165, 1.54) is 27.2 Å². The Balaban J connectivity index is 2.39. The van der Waals surface area contributed by atoms with Crippen LogP contribution < -0.4 is 9.47 Å². The Morgan fingerprint density at radius 1 is 1.04 bits per heavy atom. The van der Waals surface area contributed by atoms with Crippen molar-refractivity contribution >= 4 is 30.1 Å². The van der Waals surface area contributed by atoms with Crippen LogP contribution in [0.1, 0.15) is 18.9 Å². The van der Waals surface area contributed by atoms with Crippen LogP contribution in [-0.2, 0) is 28.7 Å². The van der Waals surface area contributed by atoms with Gasteiger partial charge in [-0.1, -0.05) is 13.0 Å². The third-order valence-corrected chi connectivity index (χ3v) is 3.43. The topological polar surface area (TPSA) is 105 Å². The SMILES string of the molecule is COc1ccc(C=CC(=O)OCCOC(=O)C(C)CC(=O)C=O)cc1OC. The van der Waals surface area contributed by atoms with Gasteiger partial charge in [-0.2, -0.15) is 0 Å².